The molecule has 0 aromatic rings. The fraction of sp³-hybridized carbons (Fsp3) is 1.00. The van der Waals surface area contributed by atoms with Gasteiger partial charge in [0, 0.05) is 0 Å². The maximum atomic E-state index is 9.81. The second kappa shape index (κ2) is 6.97. The predicted molar refractivity (Wildman–Crippen MR) is 66.3 cm³/mol. The monoisotopic (exact) mass is 276 g/mol. The van der Waals surface area contributed by atoms with Crippen LogP contribution in [0.2, 0.25) is 0 Å². The number of rotatable bonds is 4. The molecule has 1 saturated carbocycles. The van der Waals surface area contributed by atoms with E-state index in [-0.39, 0.29) is 0 Å². The second-order valence-electron chi connectivity index (χ2n) is 5.53. The molecular weight excluding hydrogens is 252 g/mol. The predicted octanol–water partition coefficient (Wildman–Crippen LogP) is -0.617. The minimum atomic E-state index is -1.36. The highest BCUT2D eigenvalue weighted by molar-refractivity contribution is 4.89. The lowest BCUT2D eigenvalue weighted by molar-refractivity contribution is -0.303. The van der Waals surface area contributed by atoms with Crippen LogP contribution >= 0.6 is 0 Å². The Morgan fingerprint density at radius 2 is 1.63 bits per heavy atom. The standard InChI is InChI=1S/C13H24O6/c14-6-9-10(15)11(16)12(17)13(19-9)18-7-8-4-2-1-3-5-8/h8-17H,1-7H2/t9-,10-,11+,12+,13+/m1/s1. The molecule has 19 heavy (non-hydrogen) atoms. The van der Waals surface area contributed by atoms with Gasteiger partial charge in [0.2, 0.25) is 0 Å². The summed E-state index contributed by atoms with van der Waals surface area (Å²) in [5.41, 5.74) is 0. The average Bonchev–Trinajstić information content (AvgIpc) is 2.45. The summed E-state index contributed by atoms with van der Waals surface area (Å²) in [5.74, 6) is 0.459. The van der Waals surface area contributed by atoms with E-state index in [9.17, 15) is 15.3 Å². The Hall–Kier alpha value is -0.240. The molecule has 4 N–H and O–H groups in total. The summed E-state index contributed by atoms with van der Waals surface area (Å²) in [4.78, 5) is 0. The molecule has 0 aromatic carbocycles. The van der Waals surface area contributed by atoms with Crippen molar-refractivity contribution in [2.45, 2.75) is 62.8 Å². The second-order valence-corrected chi connectivity index (χ2v) is 5.53. The van der Waals surface area contributed by atoms with E-state index in [1.165, 1.54) is 19.3 Å². The van der Waals surface area contributed by atoms with Crippen LogP contribution in [0, 0.1) is 5.92 Å². The van der Waals surface area contributed by atoms with E-state index >= 15 is 0 Å². The quantitative estimate of drug-likeness (QED) is 0.546. The Morgan fingerprint density at radius 1 is 0.947 bits per heavy atom. The first-order chi connectivity index (χ1) is 9.13. The lowest BCUT2D eigenvalue weighted by atomic mass is 9.90. The van der Waals surface area contributed by atoms with Gasteiger partial charge in [0.1, 0.15) is 24.4 Å². The third-order valence-corrected chi connectivity index (χ3v) is 4.07. The third kappa shape index (κ3) is 3.65. The van der Waals surface area contributed by atoms with Crippen molar-refractivity contribution in [2.75, 3.05) is 13.2 Å². The summed E-state index contributed by atoms with van der Waals surface area (Å²) in [7, 11) is 0. The molecule has 2 rings (SSSR count). The van der Waals surface area contributed by atoms with Crippen LogP contribution in [0.15, 0.2) is 0 Å². The number of hydrogen-bond donors (Lipinski definition) is 4. The lowest BCUT2D eigenvalue weighted by Gasteiger charge is -2.40. The Bertz CT molecular complexity index is 266. The molecular formula is C13H24O6. The summed E-state index contributed by atoms with van der Waals surface area (Å²) >= 11 is 0. The first-order valence-corrected chi connectivity index (χ1v) is 7.05. The first-order valence-electron chi connectivity index (χ1n) is 7.05. The Labute approximate surface area is 113 Å². The van der Waals surface area contributed by atoms with E-state index in [0.29, 0.717) is 12.5 Å². The smallest absolute Gasteiger partial charge is 0.186 e. The molecule has 2 aliphatic rings. The highest BCUT2D eigenvalue weighted by Gasteiger charge is 2.44. The molecule has 5 atom stereocenters. The first kappa shape index (κ1) is 15.2. The molecule has 0 radical (unpaired) electrons. The third-order valence-electron chi connectivity index (χ3n) is 4.07. The van der Waals surface area contributed by atoms with Gasteiger partial charge in [0.25, 0.3) is 0 Å². The van der Waals surface area contributed by atoms with Crippen LogP contribution in [0.5, 0.6) is 0 Å². The van der Waals surface area contributed by atoms with E-state index in [1.54, 1.807) is 0 Å². The Balaban J connectivity index is 1.84. The average molecular weight is 276 g/mol. The highest BCUT2D eigenvalue weighted by Crippen LogP contribution is 2.26. The Morgan fingerprint density at radius 3 is 2.26 bits per heavy atom. The molecule has 0 spiro atoms. The van der Waals surface area contributed by atoms with Gasteiger partial charge in [-0.05, 0) is 18.8 Å². The van der Waals surface area contributed by atoms with Gasteiger partial charge in [0.05, 0.1) is 13.2 Å². The van der Waals surface area contributed by atoms with Gasteiger partial charge in [0.15, 0.2) is 6.29 Å². The fourth-order valence-corrected chi connectivity index (χ4v) is 2.79. The molecule has 112 valence electrons. The van der Waals surface area contributed by atoms with Crippen LogP contribution in [0.3, 0.4) is 0 Å². The maximum Gasteiger partial charge on any atom is 0.186 e. The molecule has 6 heteroatoms. The van der Waals surface area contributed by atoms with E-state index in [1.807, 2.05) is 0 Å². The van der Waals surface area contributed by atoms with Crippen molar-refractivity contribution in [3.8, 4) is 0 Å². The largest absolute Gasteiger partial charge is 0.394 e. The minimum Gasteiger partial charge on any atom is -0.394 e. The van der Waals surface area contributed by atoms with Crippen molar-refractivity contribution in [2.24, 2.45) is 5.92 Å². The molecule has 1 saturated heterocycles. The summed E-state index contributed by atoms with van der Waals surface area (Å²) < 4.78 is 10.8. The molecule has 2 fully saturated rings. The van der Waals surface area contributed by atoms with Crippen LogP contribution in [-0.4, -0.2) is 64.3 Å². The van der Waals surface area contributed by atoms with Gasteiger partial charge in [-0.15, -0.1) is 0 Å². The van der Waals surface area contributed by atoms with E-state index in [4.69, 9.17) is 14.6 Å². The summed E-state index contributed by atoms with van der Waals surface area (Å²) in [6.45, 7) is 0.0525. The summed E-state index contributed by atoms with van der Waals surface area (Å²) in [6.07, 6.45) is 0.0157. The number of aliphatic hydroxyl groups excluding tert-OH is 4. The highest BCUT2D eigenvalue weighted by atomic mass is 16.7. The zero-order valence-corrected chi connectivity index (χ0v) is 11.0. The van der Waals surface area contributed by atoms with Gasteiger partial charge in [-0.1, -0.05) is 19.3 Å². The fourth-order valence-electron chi connectivity index (χ4n) is 2.79. The van der Waals surface area contributed by atoms with Gasteiger partial charge in [-0.3, -0.25) is 0 Å². The van der Waals surface area contributed by atoms with Crippen LogP contribution < -0.4 is 0 Å². The van der Waals surface area contributed by atoms with Crippen molar-refractivity contribution < 1.29 is 29.9 Å². The molecule has 1 aliphatic heterocycles. The molecule has 0 aromatic heterocycles. The van der Waals surface area contributed by atoms with Crippen LogP contribution in [0.1, 0.15) is 32.1 Å². The van der Waals surface area contributed by atoms with Crippen molar-refractivity contribution in [3.63, 3.8) is 0 Å². The molecule has 1 aliphatic carbocycles. The number of ether oxygens (including phenoxy) is 2. The SMILES string of the molecule is OC[C@H]1O[C@H](OCC2CCCCC2)[C@@H](O)[C@@H](O)[C@@H]1O. The molecule has 0 unspecified atom stereocenters. The normalized spacial score (nSPS) is 41.4. The van der Waals surface area contributed by atoms with E-state index in [2.05, 4.69) is 0 Å². The van der Waals surface area contributed by atoms with Gasteiger partial charge >= 0.3 is 0 Å². The van der Waals surface area contributed by atoms with Crippen molar-refractivity contribution >= 4 is 0 Å². The van der Waals surface area contributed by atoms with Gasteiger partial charge in [-0.2, -0.15) is 0 Å². The van der Waals surface area contributed by atoms with Gasteiger partial charge in [-0.25, -0.2) is 0 Å². The topological polar surface area (TPSA) is 99.4 Å². The maximum absolute atomic E-state index is 9.81. The van der Waals surface area contributed by atoms with E-state index in [0.717, 1.165) is 12.8 Å². The minimum absolute atomic E-state index is 0.422. The number of aliphatic hydroxyl groups is 4. The van der Waals surface area contributed by atoms with Crippen LogP contribution in [-0.2, 0) is 9.47 Å². The summed E-state index contributed by atoms with van der Waals surface area (Å²) in [5, 5.41) is 38.2. The molecule has 1 heterocycles. The molecule has 6 nitrogen and oxygen atoms in total. The lowest BCUT2D eigenvalue weighted by Crippen LogP contribution is -2.59. The zero-order chi connectivity index (χ0) is 13.8. The molecule has 0 bridgehead atoms. The van der Waals surface area contributed by atoms with Crippen molar-refractivity contribution in [1.29, 1.82) is 0 Å². The summed E-state index contributed by atoms with van der Waals surface area (Å²) in [6, 6.07) is 0. The van der Waals surface area contributed by atoms with Gasteiger partial charge < -0.3 is 29.9 Å². The van der Waals surface area contributed by atoms with Crippen LogP contribution in [0.4, 0.5) is 0 Å². The number of hydrogen-bond acceptors (Lipinski definition) is 6. The molecule has 0 amide bonds. The van der Waals surface area contributed by atoms with Crippen molar-refractivity contribution in [3.05, 3.63) is 0 Å². The van der Waals surface area contributed by atoms with Crippen molar-refractivity contribution in [1.82, 2.24) is 0 Å². The van der Waals surface area contributed by atoms with Crippen LogP contribution in [0.25, 0.3) is 0 Å². The van der Waals surface area contributed by atoms with E-state index < -0.39 is 37.3 Å². The Kier molecular flexibility index (Phi) is 5.56. The zero-order valence-electron chi connectivity index (χ0n) is 11.0.